The summed E-state index contributed by atoms with van der Waals surface area (Å²) in [5.41, 5.74) is 0.436. The third kappa shape index (κ3) is 38.1. The molecule has 0 fully saturated rings. The first kappa shape index (κ1) is 24.0. The number of carbonyl (C=O) groups is 1. The zero-order valence-corrected chi connectivity index (χ0v) is 12.9. The van der Waals surface area contributed by atoms with Gasteiger partial charge in [0, 0.05) is 22.7 Å². The molecule has 0 aliphatic carbocycles. The van der Waals surface area contributed by atoms with Crippen molar-refractivity contribution in [1.29, 1.82) is 0 Å². The molecule has 0 saturated heterocycles. The minimum absolute atomic E-state index is 0. The predicted molar refractivity (Wildman–Crippen MR) is 62.5 cm³/mol. The molecule has 19 heavy (non-hydrogen) atoms. The van der Waals surface area contributed by atoms with Gasteiger partial charge in [-0.1, -0.05) is 46.5 Å². The van der Waals surface area contributed by atoms with E-state index in [4.69, 9.17) is 15.1 Å². The molecule has 0 aromatic heterocycles. The molecule has 0 atom stereocenters. The number of aliphatic carboxylic acids is 1. The van der Waals surface area contributed by atoms with Crippen LogP contribution in [0, 0.1) is 5.41 Å². The maximum Gasteiger partial charge on any atom is 0.0414 e. The number of unbranched alkanes of at least 4 members (excludes halogenated alkanes) is 4. The third-order valence-electron chi connectivity index (χ3n) is 2.31. The summed E-state index contributed by atoms with van der Waals surface area (Å²) < 4.78 is 0. The summed E-state index contributed by atoms with van der Waals surface area (Å²) in [6.07, 6.45) is 6.92. The topological polar surface area (TPSA) is 109 Å². The van der Waals surface area contributed by atoms with Gasteiger partial charge < -0.3 is 25.0 Å². The van der Waals surface area contributed by atoms with Crippen molar-refractivity contribution >= 4 is 13.3 Å². The number of rotatable bonds is 7. The van der Waals surface area contributed by atoms with Gasteiger partial charge in [0.1, 0.15) is 0 Å². The minimum atomic E-state index is -2.92. The van der Waals surface area contributed by atoms with Crippen LogP contribution in [0.4, 0.5) is 0 Å². The monoisotopic (exact) mass is 317 g/mol. The number of hydrogen-bond donors (Lipinski definition) is 0. The Morgan fingerprint density at radius 3 is 1.68 bits per heavy atom. The molecule has 0 bridgehead atoms. The number of carboxylic acids is 1. The number of hydrogen-bond acceptors (Lipinski definition) is 5. The third-order valence-corrected chi connectivity index (χ3v) is 2.31. The summed E-state index contributed by atoms with van der Waals surface area (Å²) in [6, 6.07) is 0. The Morgan fingerprint density at radius 2 is 1.32 bits per heavy atom. The van der Waals surface area contributed by atoms with E-state index in [9.17, 15) is 9.90 Å². The fraction of sp³-hybridized carbons (Fsp3) is 0.917. The van der Waals surface area contributed by atoms with E-state index < -0.39 is 13.3 Å². The van der Waals surface area contributed by atoms with Gasteiger partial charge in [0.15, 0.2) is 0 Å². The molecule has 1 radical (unpaired) electrons. The zero-order valence-electron chi connectivity index (χ0n) is 11.9. The maximum atomic E-state index is 10.1. The molecule has 0 spiro atoms. The van der Waals surface area contributed by atoms with E-state index in [2.05, 4.69) is 20.8 Å². The Kier molecular flexibility index (Phi) is 18.1. The molecule has 0 saturated carbocycles. The second kappa shape index (κ2) is 14.3. The fourth-order valence-electron chi connectivity index (χ4n) is 1.45. The van der Waals surface area contributed by atoms with Gasteiger partial charge in [-0.25, -0.2) is 0 Å². The summed E-state index contributed by atoms with van der Waals surface area (Å²) in [6.45, 7) is 6.76. The van der Waals surface area contributed by atoms with Crippen LogP contribution >= 0.6 is 0 Å². The maximum absolute atomic E-state index is 10.1. The Bertz CT molecular complexity index is 204. The molecule has 0 aliphatic heterocycles. The Hall–Kier alpha value is -0.0786. The molecule has 0 aromatic rings. The zero-order chi connectivity index (χ0) is 14.6. The van der Waals surface area contributed by atoms with E-state index in [1.807, 2.05) is 0 Å². The fourth-order valence-corrected chi connectivity index (χ4v) is 1.45. The van der Waals surface area contributed by atoms with E-state index in [1.54, 1.807) is 0 Å². The van der Waals surface area contributed by atoms with E-state index in [-0.39, 0.29) is 23.2 Å². The molecule has 117 valence electrons. The summed E-state index contributed by atoms with van der Waals surface area (Å²) >= 11 is 0. The van der Waals surface area contributed by atoms with Crippen molar-refractivity contribution in [2.75, 3.05) is 0 Å². The van der Waals surface area contributed by atoms with Crippen LogP contribution in [0.2, 0.25) is 0 Å². The van der Waals surface area contributed by atoms with E-state index in [0.29, 0.717) is 5.41 Å². The van der Waals surface area contributed by atoms with Gasteiger partial charge in [-0.15, -0.1) is 0 Å². The van der Waals surface area contributed by atoms with Gasteiger partial charge >= 0.3 is 0 Å². The molecule has 0 aromatic carbocycles. The van der Waals surface area contributed by atoms with Gasteiger partial charge in [-0.05, 0) is 24.7 Å². The average molecular weight is 317 g/mol. The molecular formula is C12H23BCoO5-4. The molecule has 0 amide bonds. The van der Waals surface area contributed by atoms with Crippen molar-refractivity contribution < 1.29 is 41.8 Å². The first-order valence-electron chi connectivity index (χ1n) is 6.32. The largest absolute Gasteiger partial charge is 0.907 e. The van der Waals surface area contributed by atoms with Gasteiger partial charge in [0.05, 0.1) is 0 Å². The normalized spacial score (nSPS) is 10.0. The van der Waals surface area contributed by atoms with Crippen molar-refractivity contribution in [3.63, 3.8) is 0 Å². The molecule has 5 nitrogen and oxygen atoms in total. The van der Waals surface area contributed by atoms with Crippen LogP contribution < -0.4 is 20.2 Å². The smallest absolute Gasteiger partial charge is 0.0414 e. The SMILES string of the molecule is CC(C)(C)CCCCCCCC(=O)[O-].[Co].[O-]B([O-])[O-]. The summed E-state index contributed by atoms with van der Waals surface area (Å²) in [5.74, 6) is -0.917. The second-order valence-electron chi connectivity index (χ2n) is 5.49. The summed E-state index contributed by atoms with van der Waals surface area (Å²) in [5, 5.41) is 35.4. The molecule has 0 heterocycles. The van der Waals surface area contributed by atoms with Crippen molar-refractivity contribution in [2.45, 2.75) is 65.7 Å². The molecule has 0 aliphatic rings. The van der Waals surface area contributed by atoms with Gasteiger partial charge in [0.2, 0.25) is 0 Å². The van der Waals surface area contributed by atoms with Crippen LogP contribution in [-0.4, -0.2) is 13.3 Å². The number of carboxylic acid groups (broad SMARTS) is 1. The quantitative estimate of drug-likeness (QED) is 0.422. The Balaban J connectivity index is -0.000000448. The second-order valence-corrected chi connectivity index (χ2v) is 5.49. The van der Waals surface area contributed by atoms with Gasteiger partial charge in [0.25, 0.3) is 0 Å². The molecule has 7 heteroatoms. The van der Waals surface area contributed by atoms with Crippen LogP contribution in [0.25, 0.3) is 0 Å². The molecule has 0 unspecified atom stereocenters. The van der Waals surface area contributed by atoms with Crippen LogP contribution in [-0.2, 0) is 21.6 Å². The summed E-state index contributed by atoms with van der Waals surface area (Å²) in [4.78, 5) is 10.1. The summed E-state index contributed by atoms with van der Waals surface area (Å²) in [7, 11) is -2.92. The van der Waals surface area contributed by atoms with Crippen LogP contribution in [0.15, 0.2) is 0 Å². The Morgan fingerprint density at radius 1 is 0.947 bits per heavy atom. The molecule has 0 N–H and O–H groups in total. The van der Waals surface area contributed by atoms with Gasteiger partial charge in [-0.2, -0.15) is 0 Å². The van der Waals surface area contributed by atoms with Crippen LogP contribution in [0.3, 0.4) is 0 Å². The van der Waals surface area contributed by atoms with Gasteiger partial charge in [-0.3, -0.25) is 7.32 Å². The van der Waals surface area contributed by atoms with Crippen molar-refractivity contribution in [1.82, 2.24) is 0 Å². The predicted octanol–water partition coefficient (Wildman–Crippen LogP) is -1.44. The Labute approximate surface area is 126 Å². The average Bonchev–Trinajstić information content (AvgIpc) is 2.13. The van der Waals surface area contributed by atoms with Crippen molar-refractivity contribution in [2.24, 2.45) is 5.41 Å². The van der Waals surface area contributed by atoms with Crippen molar-refractivity contribution in [3.8, 4) is 0 Å². The van der Waals surface area contributed by atoms with Crippen LogP contribution in [0.5, 0.6) is 0 Å². The minimum Gasteiger partial charge on any atom is -0.907 e. The van der Waals surface area contributed by atoms with E-state index in [1.165, 1.54) is 19.3 Å². The van der Waals surface area contributed by atoms with E-state index in [0.717, 1.165) is 19.3 Å². The van der Waals surface area contributed by atoms with Crippen molar-refractivity contribution in [3.05, 3.63) is 0 Å². The first-order chi connectivity index (χ1) is 8.15. The number of carbonyl (C=O) groups excluding carboxylic acids is 1. The first-order valence-corrected chi connectivity index (χ1v) is 6.32. The standard InChI is InChI=1S/C12H24O2.BO3.Co/c1-12(2,3)10-8-6-4-5-7-9-11(13)14;2-1(3)4;/h4-10H2,1-3H3,(H,13,14);;/q;-3;/p-1. The molecule has 0 rings (SSSR count). The molecular weight excluding hydrogens is 294 g/mol. The van der Waals surface area contributed by atoms with E-state index >= 15 is 0 Å². The van der Waals surface area contributed by atoms with Crippen LogP contribution in [0.1, 0.15) is 65.7 Å².